The van der Waals surface area contributed by atoms with Crippen LogP contribution >= 0.6 is 11.6 Å². The molecule has 3 aromatic rings. The molecule has 1 unspecified atom stereocenters. The van der Waals surface area contributed by atoms with E-state index in [0.29, 0.717) is 17.3 Å². The highest BCUT2D eigenvalue weighted by molar-refractivity contribution is 6.31. The van der Waals surface area contributed by atoms with Gasteiger partial charge in [-0.05, 0) is 33.3 Å². The quantitative estimate of drug-likeness (QED) is 0.739. The molecule has 0 aliphatic carbocycles. The van der Waals surface area contributed by atoms with Gasteiger partial charge in [0.1, 0.15) is 6.04 Å². The van der Waals surface area contributed by atoms with Crippen LogP contribution < -0.4 is 5.32 Å². The predicted octanol–water partition coefficient (Wildman–Crippen LogP) is 3.91. The minimum atomic E-state index is -0.471. The van der Waals surface area contributed by atoms with Crippen LogP contribution in [0.3, 0.4) is 0 Å². The average Bonchev–Trinajstić information content (AvgIpc) is 3.15. The van der Waals surface area contributed by atoms with Gasteiger partial charge < -0.3 is 5.32 Å². The molecule has 26 heavy (non-hydrogen) atoms. The number of carbonyl (C=O) groups is 1. The number of carbonyl (C=O) groups excluding carboxylic acids is 1. The predicted molar refractivity (Wildman–Crippen MR) is 103 cm³/mol. The summed E-state index contributed by atoms with van der Waals surface area (Å²) in [6, 6.07) is 7.82. The van der Waals surface area contributed by atoms with Gasteiger partial charge in [-0.15, -0.1) is 0 Å². The second kappa shape index (κ2) is 7.33. The lowest BCUT2D eigenvalue weighted by Gasteiger charge is -2.13. The number of amides is 1. The van der Waals surface area contributed by atoms with E-state index in [-0.39, 0.29) is 5.91 Å². The average molecular weight is 372 g/mol. The zero-order valence-electron chi connectivity index (χ0n) is 15.3. The lowest BCUT2D eigenvalue weighted by Crippen LogP contribution is -2.25. The molecule has 6 nitrogen and oxygen atoms in total. The third kappa shape index (κ3) is 3.80. The van der Waals surface area contributed by atoms with E-state index in [1.54, 1.807) is 22.5 Å². The number of rotatable bonds is 5. The summed E-state index contributed by atoms with van der Waals surface area (Å²) in [5.74, 6) is -0.165. The van der Waals surface area contributed by atoms with Gasteiger partial charge in [0.05, 0.1) is 34.8 Å². The highest BCUT2D eigenvalue weighted by atomic mass is 35.5. The Kier molecular flexibility index (Phi) is 5.13. The number of benzene rings is 1. The molecule has 136 valence electrons. The van der Waals surface area contributed by atoms with Crippen molar-refractivity contribution in [3.05, 3.63) is 64.2 Å². The van der Waals surface area contributed by atoms with Gasteiger partial charge in [0.25, 0.3) is 0 Å². The van der Waals surface area contributed by atoms with Crippen molar-refractivity contribution < 1.29 is 4.79 Å². The molecule has 0 aliphatic heterocycles. The fraction of sp³-hybridized carbons (Fsp3) is 0.316. The Labute approximate surface area is 157 Å². The van der Waals surface area contributed by atoms with E-state index < -0.39 is 6.04 Å². The van der Waals surface area contributed by atoms with Crippen molar-refractivity contribution in [3.63, 3.8) is 0 Å². The standard InChI is InChI=1S/C19H22ClN5O/c1-12-5-7-16(8-6-12)10-24-11-17(9-21-24)22-19(26)15(4)25-14(3)18(20)13(2)23-25/h5-9,11,15H,10H2,1-4H3,(H,22,26). The number of nitrogens with one attached hydrogen (secondary N) is 1. The Morgan fingerprint density at radius 1 is 1.23 bits per heavy atom. The minimum Gasteiger partial charge on any atom is -0.322 e. The van der Waals surface area contributed by atoms with E-state index in [2.05, 4.69) is 46.7 Å². The van der Waals surface area contributed by atoms with Gasteiger partial charge in [-0.3, -0.25) is 14.2 Å². The molecule has 0 bridgehead atoms. The first-order valence-corrected chi connectivity index (χ1v) is 8.83. The molecular formula is C19H22ClN5O. The zero-order chi connectivity index (χ0) is 18.8. The second-order valence-corrected chi connectivity index (χ2v) is 6.88. The summed E-state index contributed by atoms with van der Waals surface area (Å²) in [5.41, 5.74) is 4.53. The van der Waals surface area contributed by atoms with E-state index in [4.69, 9.17) is 11.6 Å². The molecule has 0 fully saturated rings. The Morgan fingerprint density at radius 3 is 2.54 bits per heavy atom. The molecule has 0 aliphatic rings. The normalized spacial score (nSPS) is 12.2. The van der Waals surface area contributed by atoms with Crippen molar-refractivity contribution in [3.8, 4) is 0 Å². The second-order valence-electron chi connectivity index (χ2n) is 6.51. The van der Waals surface area contributed by atoms with E-state index in [0.717, 1.165) is 17.0 Å². The van der Waals surface area contributed by atoms with Crippen molar-refractivity contribution in [1.29, 1.82) is 0 Å². The smallest absolute Gasteiger partial charge is 0.249 e. The van der Waals surface area contributed by atoms with Crippen molar-refractivity contribution in [2.45, 2.75) is 40.3 Å². The summed E-state index contributed by atoms with van der Waals surface area (Å²) in [6.45, 7) is 8.18. The van der Waals surface area contributed by atoms with Crippen LogP contribution in [0.2, 0.25) is 5.02 Å². The summed E-state index contributed by atoms with van der Waals surface area (Å²) >= 11 is 6.17. The molecule has 1 atom stereocenters. The first-order valence-electron chi connectivity index (χ1n) is 8.45. The van der Waals surface area contributed by atoms with E-state index in [1.165, 1.54) is 5.56 Å². The fourth-order valence-electron chi connectivity index (χ4n) is 2.77. The Balaban J connectivity index is 1.67. The van der Waals surface area contributed by atoms with Crippen LogP contribution in [0, 0.1) is 20.8 Å². The highest BCUT2D eigenvalue weighted by Gasteiger charge is 2.21. The summed E-state index contributed by atoms with van der Waals surface area (Å²) in [6.07, 6.45) is 3.46. The van der Waals surface area contributed by atoms with Gasteiger partial charge in [0.15, 0.2) is 0 Å². The van der Waals surface area contributed by atoms with Gasteiger partial charge in [-0.1, -0.05) is 41.4 Å². The Hall–Kier alpha value is -2.60. The first kappa shape index (κ1) is 18.2. The largest absolute Gasteiger partial charge is 0.322 e. The maximum Gasteiger partial charge on any atom is 0.249 e. The van der Waals surface area contributed by atoms with Gasteiger partial charge in [0.2, 0.25) is 5.91 Å². The minimum absolute atomic E-state index is 0.165. The molecule has 2 heterocycles. The van der Waals surface area contributed by atoms with E-state index >= 15 is 0 Å². The van der Waals surface area contributed by atoms with E-state index in [9.17, 15) is 4.79 Å². The van der Waals surface area contributed by atoms with Crippen LogP contribution in [0.4, 0.5) is 5.69 Å². The first-order chi connectivity index (χ1) is 12.3. The maximum absolute atomic E-state index is 12.5. The monoisotopic (exact) mass is 371 g/mol. The number of halogens is 1. The van der Waals surface area contributed by atoms with Crippen LogP contribution in [-0.4, -0.2) is 25.5 Å². The third-order valence-electron chi connectivity index (χ3n) is 4.35. The Bertz CT molecular complexity index is 926. The Morgan fingerprint density at radius 2 is 1.92 bits per heavy atom. The number of aromatic nitrogens is 4. The molecule has 0 spiro atoms. The van der Waals surface area contributed by atoms with Crippen molar-refractivity contribution in [2.24, 2.45) is 0 Å². The third-order valence-corrected chi connectivity index (χ3v) is 4.90. The molecule has 2 aromatic heterocycles. The van der Waals surface area contributed by atoms with Gasteiger partial charge >= 0.3 is 0 Å². The summed E-state index contributed by atoms with van der Waals surface area (Å²) < 4.78 is 3.44. The topological polar surface area (TPSA) is 64.7 Å². The molecule has 0 saturated heterocycles. The van der Waals surface area contributed by atoms with Crippen LogP contribution in [0.15, 0.2) is 36.7 Å². The number of hydrogen-bond donors (Lipinski definition) is 1. The van der Waals surface area contributed by atoms with Crippen molar-refractivity contribution in [1.82, 2.24) is 19.6 Å². The van der Waals surface area contributed by atoms with Crippen molar-refractivity contribution in [2.75, 3.05) is 5.32 Å². The molecule has 7 heteroatoms. The lowest BCUT2D eigenvalue weighted by molar-refractivity contribution is -0.119. The van der Waals surface area contributed by atoms with E-state index in [1.807, 2.05) is 20.0 Å². The molecule has 0 saturated carbocycles. The van der Waals surface area contributed by atoms with Gasteiger partial charge in [-0.25, -0.2) is 0 Å². The summed E-state index contributed by atoms with van der Waals surface area (Å²) in [7, 11) is 0. The van der Waals surface area contributed by atoms with Gasteiger partial charge in [-0.2, -0.15) is 10.2 Å². The molecule has 3 rings (SSSR count). The van der Waals surface area contributed by atoms with Crippen LogP contribution in [0.5, 0.6) is 0 Å². The highest BCUT2D eigenvalue weighted by Crippen LogP contribution is 2.23. The number of hydrogen-bond acceptors (Lipinski definition) is 3. The fourth-order valence-corrected chi connectivity index (χ4v) is 2.90. The number of anilines is 1. The molecule has 1 aromatic carbocycles. The lowest BCUT2D eigenvalue weighted by atomic mass is 10.1. The number of aryl methyl sites for hydroxylation is 2. The molecular weight excluding hydrogens is 350 g/mol. The van der Waals surface area contributed by atoms with Crippen LogP contribution in [0.1, 0.15) is 35.5 Å². The van der Waals surface area contributed by atoms with Gasteiger partial charge in [0, 0.05) is 6.20 Å². The van der Waals surface area contributed by atoms with Crippen LogP contribution in [-0.2, 0) is 11.3 Å². The molecule has 1 amide bonds. The summed E-state index contributed by atoms with van der Waals surface area (Å²) in [4.78, 5) is 12.5. The SMILES string of the molecule is Cc1ccc(Cn2cc(NC(=O)C(C)n3nc(C)c(Cl)c3C)cn2)cc1. The zero-order valence-corrected chi connectivity index (χ0v) is 16.1. The summed E-state index contributed by atoms with van der Waals surface area (Å²) in [5, 5.41) is 12.1. The van der Waals surface area contributed by atoms with Crippen molar-refractivity contribution >= 4 is 23.2 Å². The van der Waals surface area contributed by atoms with Crippen LogP contribution in [0.25, 0.3) is 0 Å². The molecule has 1 N–H and O–H groups in total. The number of nitrogens with zero attached hydrogens (tertiary/aromatic N) is 4. The maximum atomic E-state index is 12.5. The molecule has 0 radical (unpaired) electrons.